The van der Waals surface area contributed by atoms with Gasteiger partial charge in [0, 0.05) is 0 Å². The van der Waals surface area contributed by atoms with Crippen LogP contribution in [0.1, 0.15) is 10.4 Å². The van der Waals surface area contributed by atoms with Crippen molar-refractivity contribution in [2.75, 3.05) is 20.8 Å². The lowest BCUT2D eigenvalue weighted by Crippen LogP contribution is -2.15. The van der Waals surface area contributed by atoms with E-state index in [1.807, 2.05) is 0 Å². The summed E-state index contributed by atoms with van der Waals surface area (Å²) in [7, 11) is 2.93. The number of rotatable bonds is 4. The summed E-state index contributed by atoms with van der Waals surface area (Å²) in [5.74, 6) is 0.495. The number of hydrogen-bond donors (Lipinski definition) is 1. The topological polar surface area (TPSA) is 61.5 Å². The minimum absolute atomic E-state index is 0.122. The van der Waals surface area contributed by atoms with E-state index in [9.17, 15) is 4.79 Å². The molecular formula is C10H12ClNO3. The van der Waals surface area contributed by atoms with Crippen molar-refractivity contribution in [3.63, 3.8) is 0 Å². The van der Waals surface area contributed by atoms with Crippen LogP contribution in [0, 0.1) is 0 Å². The second-order valence-electron chi connectivity index (χ2n) is 2.79. The molecule has 1 aromatic rings. The lowest BCUT2D eigenvalue weighted by Gasteiger charge is -2.12. The van der Waals surface area contributed by atoms with E-state index < -0.39 is 0 Å². The minimum Gasteiger partial charge on any atom is -0.493 e. The first-order chi connectivity index (χ1) is 7.15. The van der Waals surface area contributed by atoms with Gasteiger partial charge in [-0.05, 0) is 12.1 Å². The largest absolute Gasteiger partial charge is 0.493 e. The molecule has 1 aromatic carbocycles. The maximum absolute atomic E-state index is 11.5. The van der Waals surface area contributed by atoms with Gasteiger partial charge in [-0.3, -0.25) is 4.79 Å². The van der Waals surface area contributed by atoms with E-state index in [2.05, 4.69) is 0 Å². The number of benzene rings is 1. The number of ketones is 1. The Morgan fingerprint density at radius 3 is 2.53 bits per heavy atom. The zero-order chi connectivity index (χ0) is 11.4. The fraction of sp³-hybridized carbons (Fsp3) is 0.300. The van der Waals surface area contributed by atoms with Crippen LogP contribution in [0.5, 0.6) is 11.5 Å². The monoisotopic (exact) mass is 229 g/mol. The molecule has 15 heavy (non-hydrogen) atoms. The van der Waals surface area contributed by atoms with E-state index in [0.717, 1.165) is 0 Å². The highest BCUT2D eigenvalue weighted by Gasteiger charge is 2.19. The molecule has 0 fully saturated rings. The van der Waals surface area contributed by atoms with Crippen molar-refractivity contribution in [2.24, 2.45) is 5.73 Å². The van der Waals surface area contributed by atoms with Gasteiger partial charge < -0.3 is 15.2 Å². The molecule has 1 rings (SSSR count). The Morgan fingerprint density at radius 2 is 2.07 bits per heavy atom. The molecule has 4 nitrogen and oxygen atoms in total. The van der Waals surface area contributed by atoms with Gasteiger partial charge >= 0.3 is 0 Å². The number of hydrogen-bond acceptors (Lipinski definition) is 4. The van der Waals surface area contributed by atoms with Crippen LogP contribution < -0.4 is 15.2 Å². The van der Waals surface area contributed by atoms with Crippen LogP contribution in [0.2, 0.25) is 5.02 Å². The molecule has 0 saturated carbocycles. The van der Waals surface area contributed by atoms with Crippen molar-refractivity contribution in [1.82, 2.24) is 0 Å². The van der Waals surface area contributed by atoms with Crippen molar-refractivity contribution in [1.29, 1.82) is 0 Å². The van der Waals surface area contributed by atoms with E-state index in [0.29, 0.717) is 16.5 Å². The summed E-state index contributed by atoms with van der Waals surface area (Å²) in [6, 6.07) is 3.21. The first-order valence-electron chi connectivity index (χ1n) is 4.29. The molecule has 0 unspecified atom stereocenters. The Hall–Kier alpha value is -1.26. The maximum Gasteiger partial charge on any atom is 0.181 e. The second kappa shape index (κ2) is 5.00. The van der Waals surface area contributed by atoms with E-state index in [1.54, 1.807) is 12.1 Å². The highest BCUT2D eigenvalue weighted by atomic mass is 35.5. The number of Topliss-reactive ketones (excluding diaryl/α,β-unsaturated/α-hetero) is 1. The molecule has 5 heteroatoms. The van der Waals surface area contributed by atoms with Crippen molar-refractivity contribution < 1.29 is 14.3 Å². The zero-order valence-electron chi connectivity index (χ0n) is 8.54. The first-order valence-corrected chi connectivity index (χ1v) is 4.67. The number of nitrogens with two attached hydrogens (primary N) is 1. The molecule has 0 bridgehead atoms. The Labute approximate surface area is 92.9 Å². The summed E-state index contributed by atoms with van der Waals surface area (Å²) in [6.45, 7) is -0.122. The van der Waals surface area contributed by atoms with Gasteiger partial charge in [0.25, 0.3) is 0 Å². The van der Waals surface area contributed by atoms with Gasteiger partial charge in [0.1, 0.15) is 0 Å². The number of carbonyl (C=O) groups is 1. The molecule has 0 spiro atoms. The van der Waals surface area contributed by atoms with Crippen molar-refractivity contribution in [2.45, 2.75) is 0 Å². The summed E-state index contributed by atoms with van der Waals surface area (Å²) >= 11 is 5.90. The molecule has 0 radical (unpaired) electrons. The second-order valence-corrected chi connectivity index (χ2v) is 3.19. The van der Waals surface area contributed by atoms with Crippen LogP contribution in [0.25, 0.3) is 0 Å². The van der Waals surface area contributed by atoms with Gasteiger partial charge in [-0.25, -0.2) is 0 Å². The Balaban J connectivity index is 3.38. The minimum atomic E-state index is -0.282. The quantitative estimate of drug-likeness (QED) is 0.795. The smallest absolute Gasteiger partial charge is 0.181 e. The van der Waals surface area contributed by atoms with E-state index in [1.165, 1.54) is 14.2 Å². The molecule has 2 N–H and O–H groups in total. The van der Waals surface area contributed by atoms with Gasteiger partial charge in [0.2, 0.25) is 0 Å². The average molecular weight is 230 g/mol. The molecule has 0 aliphatic carbocycles. The van der Waals surface area contributed by atoms with E-state index >= 15 is 0 Å². The van der Waals surface area contributed by atoms with Gasteiger partial charge in [-0.1, -0.05) is 11.6 Å². The number of ether oxygens (including phenoxy) is 2. The lowest BCUT2D eigenvalue weighted by atomic mass is 10.1. The summed E-state index contributed by atoms with van der Waals surface area (Å²) in [5, 5.41) is 0.308. The number of halogens is 1. The number of carbonyl (C=O) groups excluding carboxylic acids is 1. The van der Waals surface area contributed by atoms with Crippen molar-refractivity contribution in [3.05, 3.63) is 22.7 Å². The van der Waals surface area contributed by atoms with E-state index in [4.69, 9.17) is 26.8 Å². The molecule has 0 aliphatic heterocycles. The van der Waals surface area contributed by atoms with Crippen LogP contribution >= 0.6 is 11.6 Å². The normalized spacial score (nSPS) is 9.87. The molecule has 0 amide bonds. The average Bonchev–Trinajstić information content (AvgIpc) is 2.27. The predicted octanol–water partition coefficient (Wildman–Crippen LogP) is 1.50. The SMILES string of the molecule is COc1ccc(Cl)c(C(=O)CN)c1OC. The number of methoxy groups -OCH3 is 2. The fourth-order valence-electron chi connectivity index (χ4n) is 1.26. The van der Waals surface area contributed by atoms with Gasteiger partial charge in [-0.15, -0.1) is 0 Å². The third-order valence-corrected chi connectivity index (χ3v) is 2.27. The predicted molar refractivity (Wildman–Crippen MR) is 57.9 cm³/mol. The highest BCUT2D eigenvalue weighted by Crippen LogP contribution is 2.35. The van der Waals surface area contributed by atoms with Crippen LogP contribution in [0.15, 0.2) is 12.1 Å². The molecule has 0 atom stereocenters. The van der Waals surface area contributed by atoms with E-state index in [-0.39, 0.29) is 17.9 Å². The molecule has 0 aromatic heterocycles. The van der Waals surface area contributed by atoms with Crippen molar-refractivity contribution in [3.8, 4) is 11.5 Å². The summed E-state index contributed by atoms with van der Waals surface area (Å²) < 4.78 is 10.1. The summed E-state index contributed by atoms with van der Waals surface area (Å²) in [5.41, 5.74) is 5.55. The molecular weight excluding hydrogens is 218 g/mol. The van der Waals surface area contributed by atoms with Crippen molar-refractivity contribution >= 4 is 17.4 Å². The summed E-state index contributed by atoms with van der Waals surface area (Å²) in [6.07, 6.45) is 0. The third kappa shape index (κ3) is 2.22. The Bertz CT molecular complexity index is 379. The first kappa shape index (κ1) is 11.8. The molecule has 0 aliphatic rings. The fourth-order valence-corrected chi connectivity index (χ4v) is 1.52. The molecule has 0 saturated heterocycles. The Morgan fingerprint density at radius 1 is 1.40 bits per heavy atom. The Kier molecular flexibility index (Phi) is 3.94. The van der Waals surface area contributed by atoms with Gasteiger partial charge in [-0.2, -0.15) is 0 Å². The highest BCUT2D eigenvalue weighted by molar-refractivity contribution is 6.34. The van der Waals surface area contributed by atoms with Crippen LogP contribution in [-0.2, 0) is 0 Å². The van der Waals surface area contributed by atoms with Crippen LogP contribution in [0.4, 0.5) is 0 Å². The molecule has 82 valence electrons. The van der Waals surface area contributed by atoms with Gasteiger partial charge in [0.15, 0.2) is 17.3 Å². The molecule has 0 heterocycles. The van der Waals surface area contributed by atoms with Crippen LogP contribution in [0.3, 0.4) is 0 Å². The standard InChI is InChI=1S/C10H12ClNO3/c1-14-8-4-3-6(11)9(7(13)5-12)10(8)15-2/h3-4H,5,12H2,1-2H3. The third-order valence-electron chi connectivity index (χ3n) is 1.96. The zero-order valence-corrected chi connectivity index (χ0v) is 9.30. The van der Waals surface area contributed by atoms with Crippen LogP contribution in [-0.4, -0.2) is 26.5 Å². The maximum atomic E-state index is 11.5. The summed E-state index contributed by atoms with van der Waals surface area (Å²) in [4.78, 5) is 11.5. The lowest BCUT2D eigenvalue weighted by molar-refractivity contribution is 0.0998. The van der Waals surface area contributed by atoms with Gasteiger partial charge in [0.05, 0.1) is 31.4 Å².